The molecule has 9 heteroatoms. The summed E-state index contributed by atoms with van der Waals surface area (Å²) in [5, 5.41) is 12.3. The summed E-state index contributed by atoms with van der Waals surface area (Å²) >= 11 is 5.98. The van der Waals surface area contributed by atoms with Gasteiger partial charge in [0, 0.05) is 10.7 Å². The number of hydrogen-bond donors (Lipinski definition) is 1. The summed E-state index contributed by atoms with van der Waals surface area (Å²) in [5.41, 5.74) is 3.08. The van der Waals surface area contributed by atoms with Crippen LogP contribution < -0.4 is 10.2 Å². The van der Waals surface area contributed by atoms with Gasteiger partial charge in [-0.25, -0.2) is 4.90 Å². The van der Waals surface area contributed by atoms with Crippen molar-refractivity contribution in [1.82, 2.24) is 5.01 Å². The van der Waals surface area contributed by atoms with E-state index in [-0.39, 0.29) is 12.5 Å². The standard InChI is InChI=1S/C20H18ClN5O3/c1-11-5-3-8-15(12(11)2)22-16(27)10-25-18-17(23-24-25)19(28)26(20(18)29)14-7-4-6-13(21)9-14/h3-9,17-18H,10H2,1-2H3,(H,22,27)/t17-,18-/m0/s1. The van der Waals surface area contributed by atoms with Gasteiger partial charge in [0.1, 0.15) is 6.54 Å². The maximum atomic E-state index is 12.9. The lowest BCUT2D eigenvalue weighted by Gasteiger charge is -2.20. The summed E-state index contributed by atoms with van der Waals surface area (Å²) in [6.07, 6.45) is 0. The molecule has 0 aromatic heterocycles. The van der Waals surface area contributed by atoms with E-state index in [1.165, 1.54) is 11.1 Å². The van der Waals surface area contributed by atoms with E-state index >= 15 is 0 Å². The molecule has 1 saturated heterocycles. The lowest BCUT2D eigenvalue weighted by Crippen LogP contribution is -2.43. The first-order valence-electron chi connectivity index (χ1n) is 9.03. The van der Waals surface area contributed by atoms with Crippen LogP contribution in [0.15, 0.2) is 52.8 Å². The Kier molecular flexibility index (Phi) is 4.79. The first kappa shape index (κ1) is 19.1. The van der Waals surface area contributed by atoms with Crippen LogP contribution in [0.3, 0.4) is 0 Å². The minimum atomic E-state index is -0.963. The predicted molar refractivity (Wildman–Crippen MR) is 108 cm³/mol. The van der Waals surface area contributed by atoms with Crippen LogP contribution in [0.25, 0.3) is 0 Å². The van der Waals surface area contributed by atoms with Gasteiger partial charge in [0.2, 0.25) is 5.91 Å². The van der Waals surface area contributed by atoms with Crippen molar-refractivity contribution in [2.45, 2.75) is 25.9 Å². The fraction of sp³-hybridized carbons (Fsp3) is 0.250. The molecule has 1 fully saturated rings. The highest BCUT2D eigenvalue weighted by Gasteiger charge is 2.55. The first-order chi connectivity index (χ1) is 13.9. The molecule has 3 amide bonds. The Morgan fingerprint density at radius 1 is 1.14 bits per heavy atom. The normalized spacial score (nSPS) is 20.4. The molecule has 148 valence electrons. The van der Waals surface area contributed by atoms with Gasteiger partial charge in [0.15, 0.2) is 12.1 Å². The number of carbonyl (C=O) groups excluding carboxylic acids is 3. The number of imide groups is 1. The van der Waals surface area contributed by atoms with Crippen molar-refractivity contribution in [3.63, 3.8) is 0 Å². The van der Waals surface area contributed by atoms with Gasteiger partial charge in [0.25, 0.3) is 11.8 Å². The first-order valence-corrected chi connectivity index (χ1v) is 9.41. The number of aryl methyl sites for hydroxylation is 1. The highest BCUT2D eigenvalue weighted by molar-refractivity contribution is 6.31. The van der Waals surface area contributed by atoms with E-state index in [9.17, 15) is 14.4 Å². The molecule has 0 spiro atoms. The Hall–Kier alpha value is -3.26. The molecule has 2 atom stereocenters. The Morgan fingerprint density at radius 2 is 1.90 bits per heavy atom. The van der Waals surface area contributed by atoms with Crippen LogP contribution in [0, 0.1) is 13.8 Å². The third-order valence-electron chi connectivity index (χ3n) is 5.11. The molecule has 2 aromatic carbocycles. The third kappa shape index (κ3) is 3.36. The monoisotopic (exact) mass is 411 g/mol. The number of halogens is 1. The molecule has 0 saturated carbocycles. The molecule has 1 N–H and O–H groups in total. The lowest BCUT2D eigenvalue weighted by molar-refractivity contribution is -0.123. The van der Waals surface area contributed by atoms with Crippen LogP contribution in [0.1, 0.15) is 11.1 Å². The van der Waals surface area contributed by atoms with E-state index in [1.807, 2.05) is 26.0 Å². The van der Waals surface area contributed by atoms with Crippen LogP contribution in [-0.4, -0.2) is 41.4 Å². The quantitative estimate of drug-likeness (QED) is 0.782. The van der Waals surface area contributed by atoms with Gasteiger partial charge in [-0.05, 0) is 49.2 Å². The van der Waals surface area contributed by atoms with Crippen molar-refractivity contribution >= 4 is 40.7 Å². The van der Waals surface area contributed by atoms with E-state index < -0.39 is 23.9 Å². The number of amides is 3. The number of anilines is 2. The minimum Gasteiger partial charge on any atom is -0.324 e. The number of benzene rings is 2. The van der Waals surface area contributed by atoms with Gasteiger partial charge in [-0.1, -0.05) is 35.0 Å². The summed E-state index contributed by atoms with van der Waals surface area (Å²) in [7, 11) is 0. The molecular weight excluding hydrogens is 394 g/mol. The molecule has 2 aromatic rings. The molecule has 2 aliphatic rings. The Bertz CT molecular complexity index is 1050. The number of carbonyl (C=O) groups is 3. The summed E-state index contributed by atoms with van der Waals surface area (Å²) in [6, 6.07) is 10.2. The Labute approximate surface area is 172 Å². The van der Waals surface area contributed by atoms with E-state index in [0.29, 0.717) is 16.4 Å². The van der Waals surface area contributed by atoms with Crippen molar-refractivity contribution < 1.29 is 14.4 Å². The average molecular weight is 412 g/mol. The maximum absolute atomic E-state index is 12.9. The highest BCUT2D eigenvalue weighted by atomic mass is 35.5. The van der Waals surface area contributed by atoms with Crippen LogP contribution in [0.4, 0.5) is 11.4 Å². The number of hydrogen-bond acceptors (Lipinski definition) is 6. The second-order valence-corrected chi connectivity index (χ2v) is 7.42. The topological polar surface area (TPSA) is 94.4 Å². The fourth-order valence-electron chi connectivity index (χ4n) is 3.45. The average Bonchev–Trinajstić information content (AvgIpc) is 3.19. The van der Waals surface area contributed by atoms with Crippen LogP contribution in [0.2, 0.25) is 5.02 Å². The zero-order valence-electron chi connectivity index (χ0n) is 15.8. The van der Waals surface area contributed by atoms with E-state index in [4.69, 9.17) is 11.6 Å². The smallest absolute Gasteiger partial charge is 0.263 e. The van der Waals surface area contributed by atoms with Gasteiger partial charge in [-0.2, -0.15) is 5.11 Å². The Morgan fingerprint density at radius 3 is 2.66 bits per heavy atom. The van der Waals surface area contributed by atoms with Crippen molar-refractivity contribution in [1.29, 1.82) is 0 Å². The second-order valence-electron chi connectivity index (χ2n) is 6.98. The van der Waals surface area contributed by atoms with Crippen molar-refractivity contribution in [2.24, 2.45) is 10.3 Å². The molecule has 4 rings (SSSR count). The van der Waals surface area contributed by atoms with Crippen LogP contribution in [0.5, 0.6) is 0 Å². The van der Waals surface area contributed by atoms with Crippen molar-refractivity contribution in [3.05, 3.63) is 58.6 Å². The van der Waals surface area contributed by atoms with Gasteiger partial charge < -0.3 is 5.32 Å². The minimum absolute atomic E-state index is 0.194. The summed E-state index contributed by atoms with van der Waals surface area (Å²) in [6.45, 7) is 3.68. The van der Waals surface area contributed by atoms with Crippen LogP contribution >= 0.6 is 11.6 Å². The van der Waals surface area contributed by atoms with Crippen molar-refractivity contribution in [3.8, 4) is 0 Å². The molecule has 0 unspecified atom stereocenters. The zero-order valence-corrected chi connectivity index (χ0v) is 16.6. The number of rotatable bonds is 4. The molecule has 2 aliphatic heterocycles. The molecule has 8 nitrogen and oxygen atoms in total. The van der Waals surface area contributed by atoms with Gasteiger partial charge >= 0.3 is 0 Å². The summed E-state index contributed by atoms with van der Waals surface area (Å²) in [5.74, 6) is -1.31. The van der Waals surface area contributed by atoms with Crippen LogP contribution in [-0.2, 0) is 14.4 Å². The number of nitrogens with one attached hydrogen (secondary N) is 1. The summed E-state index contributed by atoms with van der Waals surface area (Å²) < 4.78 is 0. The lowest BCUT2D eigenvalue weighted by atomic mass is 10.1. The predicted octanol–water partition coefficient (Wildman–Crippen LogP) is 2.89. The third-order valence-corrected chi connectivity index (χ3v) is 5.34. The van der Waals surface area contributed by atoms with Crippen molar-refractivity contribution in [2.75, 3.05) is 16.8 Å². The fourth-order valence-corrected chi connectivity index (χ4v) is 3.63. The highest BCUT2D eigenvalue weighted by Crippen LogP contribution is 2.32. The SMILES string of the molecule is Cc1cccc(NC(=O)CN2N=N[C@@H]3C(=O)N(c4cccc(Cl)c4)C(=O)[C@H]32)c1C. The number of fused-ring (bicyclic) bond motifs is 1. The maximum Gasteiger partial charge on any atom is 0.263 e. The van der Waals surface area contributed by atoms with Gasteiger partial charge in [-0.15, -0.1) is 0 Å². The Balaban J connectivity index is 1.50. The largest absolute Gasteiger partial charge is 0.324 e. The molecular formula is C20H18ClN5O3. The summed E-state index contributed by atoms with van der Waals surface area (Å²) in [4.78, 5) is 39.2. The zero-order chi connectivity index (χ0) is 20.7. The number of nitrogens with zero attached hydrogens (tertiary/aromatic N) is 4. The molecule has 0 aliphatic carbocycles. The molecule has 0 radical (unpaired) electrons. The van der Waals surface area contributed by atoms with Gasteiger partial charge in [-0.3, -0.25) is 19.4 Å². The molecule has 0 bridgehead atoms. The van der Waals surface area contributed by atoms with Gasteiger partial charge in [0.05, 0.1) is 5.69 Å². The van der Waals surface area contributed by atoms with E-state index in [2.05, 4.69) is 15.7 Å². The van der Waals surface area contributed by atoms with E-state index in [0.717, 1.165) is 16.0 Å². The van der Waals surface area contributed by atoms with E-state index in [1.54, 1.807) is 24.3 Å². The molecule has 29 heavy (non-hydrogen) atoms. The molecule has 2 heterocycles. The second kappa shape index (κ2) is 7.29.